The lowest BCUT2D eigenvalue weighted by Gasteiger charge is -2.20. The van der Waals surface area contributed by atoms with E-state index >= 15 is 0 Å². The van der Waals surface area contributed by atoms with Crippen LogP contribution in [0.15, 0.2) is 0 Å². The summed E-state index contributed by atoms with van der Waals surface area (Å²) in [5.74, 6) is 0. The van der Waals surface area contributed by atoms with Crippen LogP contribution in [0.2, 0.25) is 0 Å². The summed E-state index contributed by atoms with van der Waals surface area (Å²) in [5, 5.41) is 3.68. The van der Waals surface area contributed by atoms with Crippen LogP contribution in [0.5, 0.6) is 0 Å². The molecule has 1 heterocycles. The van der Waals surface area contributed by atoms with E-state index in [1.165, 1.54) is 51.7 Å². The van der Waals surface area contributed by atoms with Crippen molar-refractivity contribution >= 4 is 0 Å². The van der Waals surface area contributed by atoms with Gasteiger partial charge in [-0.1, -0.05) is 26.2 Å². The van der Waals surface area contributed by atoms with Crippen molar-refractivity contribution in [1.29, 1.82) is 0 Å². The van der Waals surface area contributed by atoms with Gasteiger partial charge in [0.2, 0.25) is 0 Å². The highest BCUT2D eigenvalue weighted by molar-refractivity contribution is 4.82. The van der Waals surface area contributed by atoms with Crippen molar-refractivity contribution in [2.45, 2.75) is 65.0 Å². The van der Waals surface area contributed by atoms with E-state index in [1.807, 2.05) is 0 Å². The molecule has 2 nitrogen and oxygen atoms in total. The van der Waals surface area contributed by atoms with Crippen molar-refractivity contribution in [3.05, 3.63) is 0 Å². The number of likely N-dealkylation sites (tertiary alicyclic amines) is 1. The Labute approximate surface area is 95.4 Å². The van der Waals surface area contributed by atoms with Gasteiger partial charge in [-0.25, -0.2) is 0 Å². The van der Waals surface area contributed by atoms with Gasteiger partial charge in [0.05, 0.1) is 0 Å². The van der Waals surface area contributed by atoms with Gasteiger partial charge in [0.25, 0.3) is 0 Å². The van der Waals surface area contributed by atoms with E-state index in [9.17, 15) is 0 Å². The molecular weight excluding hydrogens is 184 g/mol. The fourth-order valence-corrected chi connectivity index (χ4v) is 2.28. The molecule has 2 heteroatoms. The third kappa shape index (κ3) is 4.98. The summed E-state index contributed by atoms with van der Waals surface area (Å²) in [5.41, 5.74) is 0. The van der Waals surface area contributed by atoms with Crippen LogP contribution in [-0.2, 0) is 0 Å². The molecule has 0 spiro atoms. The van der Waals surface area contributed by atoms with Crippen LogP contribution in [0.4, 0.5) is 0 Å². The number of unbranched alkanes of at least 4 members (excludes halogenated alkanes) is 3. The van der Waals surface area contributed by atoms with Crippen LogP contribution >= 0.6 is 0 Å². The van der Waals surface area contributed by atoms with Crippen molar-refractivity contribution in [1.82, 2.24) is 10.2 Å². The molecule has 0 bridgehead atoms. The molecule has 0 aliphatic carbocycles. The van der Waals surface area contributed by atoms with E-state index in [2.05, 4.69) is 31.0 Å². The van der Waals surface area contributed by atoms with Crippen LogP contribution in [0.1, 0.15) is 52.9 Å². The molecule has 1 aliphatic rings. The van der Waals surface area contributed by atoms with E-state index in [-0.39, 0.29) is 0 Å². The van der Waals surface area contributed by atoms with Gasteiger partial charge in [-0.15, -0.1) is 0 Å². The van der Waals surface area contributed by atoms with Crippen LogP contribution < -0.4 is 5.32 Å². The Bertz CT molecular complexity index is 157. The molecule has 0 aromatic heterocycles. The van der Waals surface area contributed by atoms with Gasteiger partial charge in [0, 0.05) is 18.6 Å². The zero-order chi connectivity index (χ0) is 11.1. The Balaban J connectivity index is 1.99. The summed E-state index contributed by atoms with van der Waals surface area (Å²) >= 11 is 0. The molecule has 1 fully saturated rings. The smallest absolute Gasteiger partial charge is 0.0207 e. The fourth-order valence-electron chi connectivity index (χ4n) is 2.28. The number of hydrogen-bond donors (Lipinski definition) is 1. The van der Waals surface area contributed by atoms with E-state index in [0.29, 0.717) is 0 Å². The van der Waals surface area contributed by atoms with Crippen molar-refractivity contribution in [3.8, 4) is 0 Å². The average Bonchev–Trinajstić information content (AvgIpc) is 2.66. The van der Waals surface area contributed by atoms with Crippen LogP contribution in [-0.4, -0.2) is 36.6 Å². The molecule has 90 valence electrons. The maximum Gasteiger partial charge on any atom is 0.0207 e. The third-order valence-corrected chi connectivity index (χ3v) is 3.41. The Morgan fingerprint density at radius 3 is 2.67 bits per heavy atom. The Hall–Kier alpha value is -0.0800. The van der Waals surface area contributed by atoms with Gasteiger partial charge in [0.1, 0.15) is 0 Å². The zero-order valence-electron chi connectivity index (χ0n) is 10.8. The number of rotatable bonds is 7. The second-order valence-corrected chi connectivity index (χ2v) is 5.09. The number of hydrogen-bond acceptors (Lipinski definition) is 2. The first-order valence-electron chi connectivity index (χ1n) is 6.71. The minimum absolute atomic E-state index is 0.719. The predicted octanol–water partition coefficient (Wildman–Crippen LogP) is 2.64. The Kier molecular flexibility index (Phi) is 6.26. The van der Waals surface area contributed by atoms with Crippen molar-refractivity contribution in [2.24, 2.45) is 0 Å². The maximum absolute atomic E-state index is 3.68. The van der Waals surface area contributed by atoms with Gasteiger partial charge >= 0.3 is 0 Å². The van der Waals surface area contributed by atoms with Gasteiger partial charge < -0.3 is 5.32 Å². The van der Waals surface area contributed by atoms with Gasteiger partial charge in [-0.2, -0.15) is 0 Å². The first-order valence-corrected chi connectivity index (χ1v) is 6.71. The fraction of sp³-hybridized carbons (Fsp3) is 1.00. The predicted molar refractivity (Wildman–Crippen MR) is 67.3 cm³/mol. The SMILES string of the molecule is CCCCCCNC1CCN(C(C)C)C1. The van der Waals surface area contributed by atoms with E-state index in [0.717, 1.165) is 12.1 Å². The molecular formula is C13H28N2. The van der Waals surface area contributed by atoms with E-state index in [1.54, 1.807) is 0 Å². The van der Waals surface area contributed by atoms with Crippen LogP contribution in [0.3, 0.4) is 0 Å². The second kappa shape index (κ2) is 7.24. The molecule has 0 saturated carbocycles. The van der Waals surface area contributed by atoms with Crippen molar-refractivity contribution in [2.75, 3.05) is 19.6 Å². The zero-order valence-corrected chi connectivity index (χ0v) is 10.8. The summed E-state index contributed by atoms with van der Waals surface area (Å²) in [6.07, 6.45) is 6.82. The first kappa shape index (κ1) is 13.0. The summed E-state index contributed by atoms with van der Waals surface area (Å²) in [6, 6.07) is 1.48. The summed E-state index contributed by atoms with van der Waals surface area (Å²) in [4.78, 5) is 2.57. The molecule has 0 aromatic rings. The minimum atomic E-state index is 0.719. The van der Waals surface area contributed by atoms with Crippen molar-refractivity contribution in [3.63, 3.8) is 0 Å². The first-order chi connectivity index (χ1) is 7.24. The summed E-state index contributed by atoms with van der Waals surface area (Å²) < 4.78 is 0. The molecule has 1 rings (SSSR count). The monoisotopic (exact) mass is 212 g/mol. The highest BCUT2D eigenvalue weighted by Gasteiger charge is 2.22. The largest absolute Gasteiger partial charge is 0.313 e. The van der Waals surface area contributed by atoms with Crippen molar-refractivity contribution < 1.29 is 0 Å². The summed E-state index contributed by atoms with van der Waals surface area (Å²) in [7, 11) is 0. The van der Waals surface area contributed by atoms with Gasteiger partial charge in [0.15, 0.2) is 0 Å². The Morgan fingerprint density at radius 2 is 2.07 bits per heavy atom. The molecule has 1 aliphatic heterocycles. The lowest BCUT2D eigenvalue weighted by molar-refractivity contribution is 0.268. The highest BCUT2D eigenvalue weighted by atomic mass is 15.2. The van der Waals surface area contributed by atoms with Crippen LogP contribution in [0.25, 0.3) is 0 Å². The highest BCUT2D eigenvalue weighted by Crippen LogP contribution is 2.12. The lowest BCUT2D eigenvalue weighted by atomic mass is 10.2. The molecule has 1 atom stereocenters. The minimum Gasteiger partial charge on any atom is -0.313 e. The van der Waals surface area contributed by atoms with E-state index in [4.69, 9.17) is 0 Å². The molecule has 1 saturated heterocycles. The second-order valence-electron chi connectivity index (χ2n) is 5.09. The van der Waals surface area contributed by atoms with Gasteiger partial charge in [-0.3, -0.25) is 4.90 Å². The molecule has 0 radical (unpaired) electrons. The quantitative estimate of drug-likeness (QED) is 0.653. The maximum atomic E-state index is 3.68. The van der Waals surface area contributed by atoms with E-state index < -0.39 is 0 Å². The Morgan fingerprint density at radius 1 is 1.27 bits per heavy atom. The molecule has 0 aromatic carbocycles. The normalized spacial score (nSPS) is 22.8. The number of nitrogens with one attached hydrogen (secondary N) is 1. The van der Waals surface area contributed by atoms with Crippen LogP contribution in [0, 0.1) is 0 Å². The molecule has 0 amide bonds. The number of nitrogens with zero attached hydrogens (tertiary/aromatic N) is 1. The third-order valence-electron chi connectivity index (χ3n) is 3.41. The molecule has 1 N–H and O–H groups in total. The standard InChI is InChI=1S/C13H28N2/c1-4-5-6-7-9-14-13-8-10-15(11-13)12(2)3/h12-14H,4-11H2,1-3H3. The van der Waals surface area contributed by atoms with Gasteiger partial charge in [-0.05, 0) is 39.8 Å². The summed E-state index contributed by atoms with van der Waals surface area (Å²) in [6.45, 7) is 10.6. The molecule has 1 unspecified atom stereocenters. The molecule has 15 heavy (non-hydrogen) atoms. The average molecular weight is 212 g/mol. The lowest BCUT2D eigenvalue weighted by Crippen LogP contribution is -2.35. The topological polar surface area (TPSA) is 15.3 Å².